The number of carbonyl (C=O) groups is 1. The highest BCUT2D eigenvalue weighted by Crippen LogP contribution is 2.39. The molecule has 2 fully saturated rings. The number of nitrogens with one attached hydrogen (secondary N) is 1. The van der Waals surface area contributed by atoms with Gasteiger partial charge in [0.1, 0.15) is 5.54 Å². The Morgan fingerprint density at radius 2 is 2.29 bits per heavy atom. The number of pyridine rings is 1. The van der Waals surface area contributed by atoms with Crippen molar-refractivity contribution >= 4 is 5.91 Å². The highest BCUT2D eigenvalue weighted by molar-refractivity contribution is 5.86. The standard InChI is InChI=1S/C12H16N4O/c13-11(17)12(9-2-5-14-6-3-9)4-1-10-7-16(12)8-15-10/h2-3,5-6,10,15H,1,4,7-8H2,(H2,13,17). The van der Waals surface area contributed by atoms with E-state index in [0.717, 1.165) is 31.6 Å². The van der Waals surface area contributed by atoms with Crippen LogP contribution in [-0.2, 0) is 10.3 Å². The number of nitrogens with two attached hydrogens (primary N) is 1. The van der Waals surface area contributed by atoms with E-state index in [1.165, 1.54) is 0 Å². The summed E-state index contributed by atoms with van der Waals surface area (Å²) in [5, 5.41) is 3.40. The highest BCUT2D eigenvalue weighted by Gasteiger charge is 2.50. The number of hydrogen-bond acceptors (Lipinski definition) is 4. The fourth-order valence-electron chi connectivity index (χ4n) is 3.04. The van der Waals surface area contributed by atoms with Crippen LogP contribution < -0.4 is 11.1 Å². The summed E-state index contributed by atoms with van der Waals surface area (Å²) < 4.78 is 0. The number of piperidine rings is 1. The second-order valence-corrected chi connectivity index (χ2v) is 4.78. The smallest absolute Gasteiger partial charge is 0.242 e. The summed E-state index contributed by atoms with van der Waals surface area (Å²) in [6, 6.07) is 4.29. The lowest BCUT2D eigenvalue weighted by Gasteiger charge is -2.42. The number of amides is 1. The van der Waals surface area contributed by atoms with E-state index in [-0.39, 0.29) is 5.91 Å². The minimum absolute atomic E-state index is 0.258. The van der Waals surface area contributed by atoms with E-state index in [1.807, 2.05) is 12.1 Å². The van der Waals surface area contributed by atoms with Crippen LogP contribution in [0.4, 0.5) is 0 Å². The van der Waals surface area contributed by atoms with Crippen LogP contribution in [-0.4, -0.2) is 35.0 Å². The average molecular weight is 232 g/mol. The molecule has 5 nitrogen and oxygen atoms in total. The summed E-state index contributed by atoms with van der Waals surface area (Å²) in [7, 11) is 0. The highest BCUT2D eigenvalue weighted by atomic mass is 16.1. The summed E-state index contributed by atoms with van der Waals surface area (Å²) in [5.74, 6) is -0.258. The van der Waals surface area contributed by atoms with Crippen LogP contribution in [0.3, 0.4) is 0 Å². The summed E-state index contributed by atoms with van der Waals surface area (Å²) >= 11 is 0. The van der Waals surface area contributed by atoms with Gasteiger partial charge in [-0.1, -0.05) is 0 Å². The first-order valence-electron chi connectivity index (χ1n) is 5.92. The van der Waals surface area contributed by atoms with Crippen LogP contribution in [0.5, 0.6) is 0 Å². The second kappa shape index (κ2) is 3.78. The molecule has 3 heterocycles. The Labute approximate surface area is 100 Å². The molecule has 2 saturated heterocycles. The Hall–Kier alpha value is -1.46. The molecule has 90 valence electrons. The molecular weight excluding hydrogens is 216 g/mol. The van der Waals surface area contributed by atoms with Crippen molar-refractivity contribution in [2.24, 2.45) is 5.73 Å². The lowest BCUT2D eigenvalue weighted by Crippen LogP contribution is -2.56. The van der Waals surface area contributed by atoms with Gasteiger partial charge < -0.3 is 11.1 Å². The molecule has 3 rings (SSSR count). The molecule has 17 heavy (non-hydrogen) atoms. The Kier molecular flexibility index (Phi) is 2.38. The van der Waals surface area contributed by atoms with Crippen LogP contribution in [0.2, 0.25) is 0 Å². The van der Waals surface area contributed by atoms with E-state index < -0.39 is 5.54 Å². The molecule has 3 N–H and O–H groups in total. The van der Waals surface area contributed by atoms with Crippen LogP contribution >= 0.6 is 0 Å². The van der Waals surface area contributed by atoms with E-state index >= 15 is 0 Å². The van der Waals surface area contributed by atoms with Crippen molar-refractivity contribution in [2.45, 2.75) is 24.4 Å². The molecule has 0 spiro atoms. The molecule has 1 amide bonds. The Bertz CT molecular complexity index is 435. The number of fused-ring (bicyclic) bond motifs is 2. The molecule has 1 aromatic rings. The topological polar surface area (TPSA) is 71.2 Å². The van der Waals surface area contributed by atoms with Gasteiger partial charge in [-0.05, 0) is 30.5 Å². The van der Waals surface area contributed by atoms with Gasteiger partial charge in [-0.15, -0.1) is 0 Å². The van der Waals surface area contributed by atoms with E-state index in [9.17, 15) is 4.79 Å². The molecule has 2 bridgehead atoms. The Balaban J connectivity index is 2.07. The zero-order valence-electron chi connectivity index (χ0n) is 9.60. The Morgan fingerprint density at radius 1 is 1.53 bits per heavy atom. The molecule has 1 aromatic heterocycles. The number of primary amides is 1. The molecule has 0 aromatic carbocycles. The van der Waals surface area contributed by atoms with Crippen molar-refractivity contribution in [1.82, 2.24) is 15.2 Å². The maximum atomic E-state index is 12.0. The summed E-state index contributed by atoms with van der Waals surface area (Å²) in [6.07, 6.45) is 5.21. The van der Waals surface area contributed by atoms with E-state index in [4.69, 9.17) is 5.73 Å². The first kappa shape index (κ1) is 10.7. The van der Waals surface area contributed by atoms with E-state index in [1.54, 1.807) is 12.4 Å². The normalized spacial score (nSPS) is 35.8. The van der Waals surface area contributed by atoms with Gasteiger partial charge in [0.25, 0.3) is 0 Å². The largest absolute Gasteiger partial charge is 0.368 e. The number of carbonyl (C=O) groups excluding carboxylic acids is 1. The van der Waals surface area contributed by atoms with Crippen LogP contribution in [0.15, 0.2) is 24.5 Å². The van der Waals surface area contributed by atoms with Gasteiger partial charge in [-0.25, -0.2) is 0 Å². The van der Waals surface area contributed by atoms with Gasteiger partial charge in [0.05, 0.1) is 0 Å². The van der Waals surface area contributed by atoms with Gasteiger partial charge in [0.2, 0.25) is 5.91 Å². The molecule has 3 atom stereocenters. The quantitative estimate of drug-likeness (QED) is 0.740. The zero-order valence-corrected chi connectivity index (χ0v) is 9.60. The van der Waals surface area contributed by atoms with Gasteiger partial charge in [0, 0.05) is 31.6 Å². The predicted octanol–water partition coefficient (Wildman–Crippen LogP) is -0.213. The molecule has 2 aliphatic rings. The van der Waals surface area contributed by atoms with Crippen molar-refractivity contribution in [3.05, 3.63) is 30.1 Å². The van der Waals surface area contributed by atoms with E-state index in [2.05, 4.69) is 15.2 Å². The van der Waals surface area contributed by atoms with Crippen LogP contribution in [0.25, 0.3) is 0 Å². The SMILES string of the molecule is NC(=O)C1(c2ccncc2)CCC2CN1CN2. The molecule has 5 heteroatoms. The van der Waals surface area contributed by atoms with Gasteiger partial charge in [-0.3, -0.25) is 14.7 Å². The van der Waals surface area contributed by atoms with Crippen molar-refractivity contribution in [3.63, 3.8) is 0 Å². The van der Waals surface area contributed by atoms with Crippen LogP contribution in [0.1, 0.15) is 18.4 Å². The fraction of sp³-hybridized carbons (Fsp3) is 0.500. The maximum Gasteiger partial charge on any atom is 0.242 e. The van der Waals surface area contributed by atoms with Crippen molar-refractivity contribution in [2.75, 3.05) is 13.2 Å². The number of hydrogen-bond donors (Lipinski definition) is 2. The fourth-order valence-corrected chi connectivity index (χ4v) is 3.04. The maximum absolute atomic E-state index is 12.0. The van der Waals surface area contributed by atoms with Gasteiger partial charge >= 0.3 is 0 Å². The molecule has 0 aliphatic carbocycles. The van der Waals surface area contributed by atoms with Crippen molar-refractivity contribution in [1.29, 1.82) is 0 Å². The second-order valence-electron chi connectivity index (χ2n) is 4.78. The van der Waals surface area contributed by atoms with Crippen molar-refractivity contribution < 1.29 is 4.79 Å². The predicted molar refractivity (Wildman–Crippen MR) is 62.8 cm³/mol. The molecule has 2 aliphatic heterocycles. The lowest BCUT2D eigenvalue weighted by atomic mass is 9.80. The summed E-state index contributed by atoms with van der Waals surface area (Å²) in [4.78, 5) is 18.2. The number of nitrogens with zero attached hydrogens (tertiary/aromatic N) is 2. The van der Waals surface area contributed by atoms with Gasteiger partial charge in [-0.2, -0.15) is 0 Å². The third-order valence-electron chi connectivity index (χ3n) is 3.97. The number of rotatable bonds is 2. The van der Waals surface area contributed by atoms with E-state index in [0.29, 0.717) is 6.04 Å². The van der Waals surface area contributed by atoms with Crippen molar-refractivity contribution in [3.8, 4) is 0 Å². The lowest BCUT2D eigenvalue weighted by molar-refractivity contribution is -0.132. The monoisotopic (exact) mass is 232 g/mol. The van der Waals surface area contributed by atoms with Crippen LogP contribution in [0, 0.1) is 0 Å². The molecule has 0 saturated carbocycles. The van der Waals surface area contributed by atoms with Gasteiger partial charge in [0.15, 0.2) is 0 Å². The Morgan fingerprint density at radius 3 is 3.00 bits per heavy atom. The molecule has 3 unspecified atom stereocenters. The first-order chi connectivity index (χ1) is 8.23. The minimum atomic E-state index is -0.650. The third-order valence-corrected chi connectivity index (χ3v) is 3.97. The third kappa shape index (κ3) is 1.46. The first-order valence-corrected chi connectivity index (χ1v) is 5.92. The molecule has 0 radical (unpaired) electrons. The molecular formula is C12H16N4O. The number of aromatic nitrogens is 1. The minimum Gasteiger partial charge on any atom is -0.368 e. The average Bonchev–Trinajstić information content (AvgIpc) is 2.74. The summed E-state index contributed by atoms with van der Waals surface area (Å²) in [5.41, 5.74) is 6.00. The summed E-state index contributed by atoms with van der Waals surface area (Å²) in [6.45, 7) is 1.63. The zero-order chi connectivity index (χ0) is 11.9.